The largest absolute Gasteiger partial charge is 0.488 e. The zero-order valence-electron chi connectivity index (χ0n) is 11.2. The summed E-state index contributed by atoms with van der Waals surface area (Å²) in [4.78, 5) is 10.4. The number of aldehydes is 1. The predicted molar refractivity (Wildman–Crippen MR) is 72.1 cm³/mol. The van der Waals surface area contributed by atoms with Gasteiger partial charge in [0.1, 0.15) is 6.29 Å². The first-order chi connectivity index (χ1) is 9.83. The number of rotatable bonds is 9. The molecule has 0 spiro atoms. The molecule has 0 aliphatic rings. The fourth-order valence-electron chi connectivity index (χ4n) is 1.70. The molecule has 1 aromatic rings. The molecule has 5 nitrogen and oxygen atoms in total. The quantitative estimate of drug-likeness (QED) is 0.429. The predicted octanol–water partition coefficient (Wildman–Crippen LogP) is 2.60. The number of ether oxygens (including phenoxy) is 1. The Morgan fingerprint density at radius 2 is 1.67 bits per heavy atom. The number of hydrogen-bond donors (Lipinski definition) is 1. The van der Waals surface area contributed by atoms with Crippen molar-refractivity contribution >= 4 is 16.4 Å². The van der Waals surface area contributed by atoms with Crippen molar-refractivity contribution in [1.29, 1.82) is 0 Å². The summed E-state index contributed by atoms with van der Waals surface area (Å²) in [5, 5.41) is 0. The van der Waals surface area contributed by atoms with Gasteiger partial charge in [0.15, 0.2) is 17.4 Å². The second-order valence-corrected chi connectivity index (χ2v) is 6.05. The zero-order valence-corrected chi connectivity index (χ0v) is 12.0. The Morgan fingerprint density at radius 1 is 1.10 bits per heavy atom. The van der Waals surface area contributed by atoms with Gasteiger partial charge >= 0.3 is 0 Å². The van der Waals surface area contributed by atoms with Crippen LogP contribution in [0, 0.1) is 11.6 Å². The lowest BCUT2D eigenvalue weighted by molar-refractivity contribution is 0.112. The van der Waals surface area contributed by atoms with Crippen molar-refractivity contribution < 1.29 is 31.3 Å². The molecular weight excluding hydrogens is 306 g/mol. The molecule has 0 heterocycles. The average Bonchev–Trinajstić information content (AvgIpc) is 2.38. The molecule has 0 bridgehead atoms. The maximum Gasteiger partial charge on any atom is 0.264 e. The van der Waals surface area contributed by atoms with E-state index in [-0.39, 0.29) is 17.9 Å². The van der Waals surface area contributed by atoms with Crippen molar-refractivity contribution in [2.75, 3.05) is 12.4 Å². The standard InChI is InChI=1S/C13H16F2O5S/c14-11-7-10(9-16)8-12(15)13(11)20-5-3-1-2-4-6-21(17,18)19/h7-9H,1-6H2,(H,17,18,19). The van der Waals surface area contributed by atoms with E-state index in [1.54, 1.807) is 0 Å². The minimum absolute atomic E-state index is 0.0696. The normalized spacial score (nSPS) is 11.4. The average molecular weight is 322 g/mol. The van der Waals surface area contributed by atoms with Crippen LogP contribution < -0.4 is 4.74 Å². The van der Waals surface area contributed by atoms with Gasteiger partial charge in [-0.25, -0.2) is 8.78 Å². The van der Waals surface area contributed by atoms with Gasteiger partial charge < -0.3 is 4.74 Å². The van der Waals surface area contributed by atoms with Crippen LogP contribution in [0.2, 0.25) is 0 Å². The molecule has 1 N–H and O–H groups in total. The van der Waals surface area contributed by atoms with Crippen LogP contribution in [0.25, 0.3) is 0 Å². The van der Waals surface area contributed by atoms with Gasteiger partial charge in [0, 0.05) is 5.56 Å². The van der Waals surface area contributed by atoms with Gasteiger partial charge in [-0.1, -0.05) is 12.8 Å². The lowest BCUT2D eigenvalue weighted by Crippen LogP contribution is -2.05. The van der Waals surface area contributed by atoms with Crippen LogP contribution in [0.3, 0.4) is 0 Å². The lowest BCUT2D eigenvalue weighted by atomic mass is 10.2. The highest BCUT2D eigenvalue weighted by Gasteiger charge is 2.12. The fraction of sp³-hybridized carbons (Fsp3) is 0.462. The highest BCUT2D eigenvalue weighted by molar-refractivity contribution is 7.85. The highest BCUT2D eigenvalue weighted by atomic mass is 32.2. The zero-order chi connectivity index (χ0) is 15.9. The Bertz CT molecular complexity index is 563. The van der Waals surface area contributed by atoms with E-state index in [4.69, 9.17) is 9.29 Å². The first kappa shape index (κ1) is 17.5. The van der Waals surface area contributed by atoms with Crippen LogP contribution in [0.5, 0.6) is 5.75 Å². The van der Waals surface area contributed by atoms with Gasteiger partial charge in [0.05, 0.1) is 12.4 Å². The molecule has 0 unspecified atom stereocenters. The van der Waals surface area contributed by atoms with Crippen molar-refractivity contribution in [2.24, 2.45) is 0 Å². The van der Waals surface area contributed by atoms with Gasteiger partial charge in [0.2, 0.25) is 0 Å². The summed E-state index contributed by atoms with van der Waals surface area (Å²) in [5.41, 5.74) is -0.109. The number of benzene rings is 1. The summed E-state index contributed by atoms with van der Waals surface area (Å²) in [6.45, 7) is 0.0696. The molecule has 0 fully saturated rings. The van der Waals surface area contributed by atoms with Gasteiger partial charge in [-0.15, -0.1) is 0 Å². The summed E-state index contributed by atoms with van der Waals surface area (Å²) in [6, 6.07) is 1.77. The van der Waals surface area contributed by atoms with Gasteiger partial charge in [-0.2, -0.15) is 8.42 Å². The molecule has 0 amide bonds. The van der Waals surface area contributed by atoms with Gasteiger partial charge in [-0.3, -0.25) is 9.35 Å². The third kappa shape index (κ3) is 6.63. The minimum Gasteiger partial charge on any atom is -0.488 e. The van der Waals surface area contributed by atoms with Crippen LogP contribution >= 0.6 is 0 Å². The van der Waals surface area contributed by atoms with E-state index < -0.39 is 27.5 Å². The molecule has 0 atom stereocenters. The maximum absolute atomic E-state index is 13.4. The van der Waals surface area contributed by atoms with E-state index in [0.29, 0.717) is 32.0 Å². The lowest BCUT2D eigenvalue weighted by Gasteiger charge is -2.08. The summed E-state index contributed by atoms with van der Waals surface area (Å²) >= 11 is 0. The third-order valence-electron chi connectivity index (χ3n) is 2.70. The Kier molecular flexibility index (Phi) is 6.70. The molecule has 8 heteroatoms. The molecule has 21 heavy (non-hydrogen) atoms. The van der Waals surface area contributed by atoms with E-state index in [2.05, 4.69) is 0 Å². The Hall–Kier alpha value is -1.54. The molecule has 1 aromatic carbocycles. The Balaban J connectivity index is 2.32. The maximum atomic E-state index is 13.4. The van der Waals surface area contributed by atoms with Crippen molar-refractivity contribution in [3.63, 3.8) is 0 Å². The number of hydrogen-bond acceptors (Lipinski definition) is 4. The summed E-state index contributed by atoms with van der Waals surface area (Å²) in [6.07, 6.45) is 2.30. The minimum atomic E-state index is -3.94. The van der Waals surface area contributed by atoms with Crippen LogP contribution in [-0.2, 0) is 10.1 Å². The van der Waals surface area contributed by atoms with E-state index in [9.17, 15) is 22.0 Å². The van der Waals surface area contributed by atoms with Gasteiger partial charge in [-0.05, 0) is 25.0 Å². The number of carbonyl (C=O) groups excluding carboxylic acids is 1. The van der Waals surface area contributed by atoms with Crippen molar-refractivity contribution in [1.82, 2.24) is 0 Å². The second kappa shape index (κ2) is 8.04. The Labute approximate surface area is 121 Å². The molecule has 0 aliphatic heterocycles. The van der Waals surface area contributed by atoms with Crippen LogP contribution in [0.4, 0.5) is 8.78 Å². The summed E-state index contributed by atoms with van der Waals surface area (Å²) < 4.78 is 61.3. The van der Waals surface area contributed by atoms with E-state index in [1.807, 2.05) is 0 Å². The molecule has 0 radical (unpaired) electrons. The summed E-state index contributed by atoms with van der Waals surface area (Å²) in [7, 11) is -3.94. The summed E-state index contributed by atoms with van der Waals surface area (Å²) in [5.74, 6) is -2.71. The van der Waals surface area contributed by atoms with E-state index in [0.717, 1.165) is 12.1 Å². The Morgan fingerprint density at radius 3 is 2.19 bits per heavy atom. The van der Waals surface area contributed by atoms with E-state index >= 15 is 0 Å². The van der Waals surface area contributed by atoms with Crippen molar-refractivity contribution in [2.45, 2.75) is 25.7 Å². The SMILES string of the molecule is O=Cc1cc(F)c(OCCCCCCS(=O)(=O)O)c(F)c1. The van der Waals surface area contributed by atoms with Gasteiger partial charge in [0.25, 0.3) is 10.1 Å². The molecule has 0 saturated carbocycles. The highest BCUT2D eigenvalue weighted by Crippen LogP contribution is 2.23. The van der Waals surface area contributed by atoms with Crippen molar-refractivity contribution in [3.05, 3.63) is 29.3 Å². The number of carbonyl (C=O) groups is 1. The van der Waals surface area contributed by atoms with Crippen LogP contribution in [0.15, 0.2) is 12.1 Å². The number of halogens is 2. The molecule has 0 aliphatic carbocycles. The fourth-order valence-corrected chi connectivity index (χ4v) is 2.27. The van der Waals surface area contributed by atoms with Crippen LogP contribution in [0.1, 0.15) is 36.0 Å². The topological polar surface area (TPSA) is 80.7 Å². The monoisotopic (exact) mass is 322 g/mol. The number of unbranched alkanes of at least 4 members (excludes halogenated alkanes) is 3. The van der Waals surface area contributed by atoms with Crippen LogP contribution in [-0.4, -0.2) is 31.6 Å². The first-order valence-electron chi connectivity index (χ1n) is 6.35. The molecule has 118 valence electrons. The van der Waals surface area contributed by atoms with E-state index in [1.165, 1.54) is 0 Å². The molecule has 0 aromatic heterocycles. The van der Waals surface area contributed by atoms with Crippen molar-refractivity contribution in [3.8, 4) is 5.75 Å². The molecule has 1 rings (SSSR count). The first-order valence-corrected chi connectivity index (χ1v) is 7.96. The molecular formula is C13H16F2O5S. The molecule has 0 saturated heterocycles. The third-order valence-corrected chi connectivity index (χ3v) is 3.50. The smallest absolute Gasteiger partial charge is 0.264 e. The second-order valence-electron chi connectivity index (χ2n) is 4.48.